The van der Waals surface area contributed by atoms with E-state index >= 15 is 0 Å². The lowest BCUT2D eigenvalue weighted by Crippen LogP contribution is -2.27. The molecular weight excluding hydrogens is 257 g/mol. The normalized spacial score (nSPS) is 31.3. The van der Waals surface area contributed by atoms with E-state index in [1.807, 2.05) is 0 Å². The van der Waals surface area contributed by atoms with E-state index in [1.165, 1.54) is 12.1 Å². The Kier molecular flexibility index (Phi) is 3.21. The van der Waals surface area contributed by atoms with Gasteiger partial charge in [0.2, 0.25) is 0 Å². The van der Waals surface area contributed by atoms with Crippen LogP contribution >= 0.6 is 0 Å². The molecule has 0 aliphatic heterocycles. The summed E-state index contributed by atoms with van der Waals surface area (Å²) in [6, 6.07) is 5.66. The average molecular weight is 273 g/mol. The molecule has 0 unspecified atom stereocenters. The van der Waals surface area contributed by atoms with E-state index in [-0.39, 0.29) is 24.9 Å². The largest absolute Gasteiger partial charge is 0.396 e. The molecule has 1 aromatic carbocycles. The van der Waals surface area contributed by atoms with E-state index in [1.54, 1.807) is 12.1 Å². The number of sulfone groups is 1. The van der Waals surface area contributed by atoms with Crippen LogP contribution in [-0.2, 0) is 9.84 Å². The number of aliphatic hydroxyl groups is 1. The minimum absolute atomic E-state index is 0.0866. The number of aliphatic hydroxyl groups excluding tert-OH is 1. The summed E-state index contributed by atoms with van der Waals surface area (Å²) < 4.78 is 36.3. The van der Waals surface area contributed by atoms with Crippen molar-refractivity contribution in [2.45, 2.75) is 11.2 Å². The van der Waals surface area contributed by atoms with Gasteiger partial charge in [0.05, 0.1) is 11.9 Å². The molecule has 1 saturated carbocycles. The van der Waals surface area contributed by atoms with E-state index in [4.69, 9.17) is 5.73 Å². The lowest BCUT2D eigenvalue weighted by Gasteiger charge is -2.11. The van der Waals surface area contributed by atoms with Crippen molar-refractivity contribution in [2.75, 3.05) is 19.4 Å². The molecule has 6 heteroatoms. The maximum atomic E-state index is 12.9. The first-order chi connectivity index (χ1) is 8.36. The van der Waals surface area contributed by atoms with Crippen LogP contribution in [0.1, 0.15) is 11.5 Å². The fraction of sp³-hybridized carbons (Fsp3) is 0.500. The second kappa shape index (κ2) is 4.29. The average Bonchev–Trinajstić information content (AvgIpc) is 3.00. The minimum atomic E-state index is -3.30. The molecule has 3 atom stereocenters. The first kappa shape index (κ1) is 13.5. The van der Waals surface area contributed by atoms with Crippen molar-refractivity contribution in [2.24, 2.45) is 11.1 Å². The topological polar surface area (TPSA) is 80.4 Å². The maximum absolute atomic E-state index is 12.9. The first-order valence-electron chi connectivity index (χ1n) is 5.62. The third kappa shape index (κ3) is 1.94. The maximum Gasteiger partial charge on any atom is 0.151 e. The van der Waals surface area contributed by atoms with Crippen LogP contribution in [-0.4, -0.2) is 38.2 Å². The fourth-order valence-corrected chi connectivity index (χ4v) is 4.81. The number of benzene rings is 1. The second-order valence-electron chi connectivity index (χ2n) is 4.87. The van der Waals surface area contributed by atoms with Crippen LogP contribution < -0.4 is 5.73 Å². The fourth-order valence-electron chi connectivity index (χ4n) is 2.80. The highest BCUT2D eigenvalue weighted by Crippen LogP contribution is 2.61. The highest BCUT2D eigenvalue weighted by Gasteiger charge is 2.68. The standard InChI is InChI=1S/C12H16FNO3S/c1-18(16,17)11-10(12(11,6-14)7-15)8-2-4-9(13)5-3-8/h2-5,10-11,15H,6-7,14H2,1H3/t10-,11-,12+/m0/s1. The Labute approximate surface area is 106 Å². The van der Waals surface area contributed by atoms with Crippen molar-refractivity contribution in [3.63, 3.8) is 0 Å². The van der Waals surface area contributed by atoms with Crippen LogP contribution in [0.25, 0.3) is 0 Å². The van der Waals surface area contributed by atoms with Gasteiger partial charge in [0.1, 0.15) is 5.82 Å². The molecule has 0 radical (unpaired) electrons. The molecule has 2 rings (SSSR count). The third-order valence-corrected chi connectivity index (χ3v) is 5.41. The van der Waals surface area contributed by atoms with Crippen LogP contribution in [0.5, 0.6) is 0 Å². The van der Waals surface area contributed by atoms with Gasteiger partial charge in [0.25, 0.3) is 0 Å². The third-order valence-electron chi connectivity index (χ3n) is 3.74. The summed E-state index contributed by atoms with van der Waals surface area (Å²) in [6.45, 7) is -0.202. The van der Waals surface area contributed by atoms with Crippen LogP contribution in [0.2, 0.25) is 0 Å². The van der Waals surface area contributed by atoms with Crippen molar-refractivity contribution in [3.8, 4) is 0 Å². The number of hydrogen-bond acceptors (Lipinski definition) is 4. The summed E-state index contributed by atoms with van der Waals surface area (Å²) in [5, 5.41) is 8.77. The Morgan fingerprint density at radius 3 is 2.28 bits per heavy atom. The number of rotatable bonds is 4. The molecule has 1 fully saturated rings. The molecule has 1 aromatic rings. The van der Waals surface area contributed by atoms with Crippen molar-refractivity contribution in [1.29, 1.82) is 0 Å². The van der Waals surface area contributed by atoms with Gasteiger partial charge in [0.15, 0.2) is 9.84 Å². The van der Waals surface area contributed by atoms with Gasteiger partial charge >= 0.3 is 0 Å². The molecule has 1 aliphatic rings. The summed E-state index contributed by atoms with van der Waals surface area (Å²) in [4.78, 5) is 0. The molecule has 0 heterocycles. The van der Waals surface area contributed by atoms with Gasteiger partial charge in [-0.3, -0.25) is 0 Å². The molecule has 4 nitrogen and oxygen atoms in total. The molecule has 0 spiro atoms. The van der Waals surface area contributed by atoms with E-state index in [0.29, 0.717) is 5.56 Å². The summed E-state index contributed by atoms with van der Waals surface area (Å²) in [6.07, 6.45) is 1.14. The lowest BCUT2D eigenvalue weighted by molar-refractivity contribution is 0.212. The zero-order valence-electron chi connectivity index (χ0n) is 10.0. The predicted molar refractivity (Wildman–Crippen MR) is 66.3 cm³/mol. The van der Waals surface area contributed by atoms with Gasteiger partial charge in [-0.25, -0.2) is 12.8 Å². The van der Waals surface area contributed by atoms with Gasteiger partial charge in [-0.05, 0) is 17.7 Å². The Bertz CT molecular complexity index is 537. The SMILES string of the molecule is CS(=O)(=O)[C@H]1[C@H](c2ccc(F)cc2)[C@@]1(CN)CO. The van der Waals surface area contributed by atoms with Gasteiger partial charge in [-0.1, -0.05) is 12.1 Å². The zero-order chi connectivity index (χ0) is 13.6. The molecule has 0 saturated heterocycles. The monoisotopic (exact) mass is 273 g/mol. The summed E-state index contributed by atoms with van der Waals surface area (Å²) >= 11 is 0. The van der Waals surface area contributed by atoms with Crippen molar-refractivity contribution in [1.82, 2.24) is 0 Å². The smallest absolute Gasteiger partial charge is 0.151 e. The number of nitrogens with two attached hydrogens (primary N) is 1. The molecule has 0 aromatic heterocycles. The van der Waals surface area contributed by atoms with Crippen LogP contribution in [0.15, 0.2) is 24.3 Å². The molecule has 0 bridgehead atoms. The Hall–Kier alpha value is -0.980. The summed E-state index contributed by atoms with van der Waals surface area (Å²) in [7, 11) is -3.30. The zero-order valence-corrected chi connectivity index (χ0v) is 10.8. The molecule has 100 valence electrons. The second-order valence-corrected chi connectivity index (χ2v) is 7.04. The molecule has 0 amide bonds. The van der Waals surface area contributed by atoms with Gasteiger partial charge in [-0.15, -0.1) is 0 Å². The van der Waals surface area contributed by atoms with E-state index < -0.39 is 20.5 Å². The number of halogens is 1. The van der Waals surface area contributed by atoms with Crippen molar-refractivity contribution in [3.05, 3.63) is 35.6 Å². The van der Waals surface area contributed by atoms with Gasteiger partial charge in [0, 0.05) is 24.1 Å². The van der Waals surface area contributed by atoms with Crippen molar-refractivity contribution < 1.29 is 17.9 Å². The molecule has 1 aliphatic carbocycles. The van der Waals surface area contributed by atoms with Gasteiger partial charge in [-0.2, -0.15) is 0 Å². The van der Waals surface area contributed by atoms with Crippen molar-refractivity contribution >= 4 is 9.84 Å². The number of hydrogen-bond donors (Lipinski definition) is 2. The van der Waals surface area contributed by atoms with Gasteiger partial charge < -0.3 is 10.8 Å². The van der Waals surface area contributed by atoms with Crippen LogP contribution in [0.3, 0.4) is 0 Å². The molecular formula is C12H16FNO3S. The highest BCUT2D eigenvalue weighted by molar-refractivity contribution is 7.91. The Morgan fingerprint density at radius 2 is 1.94 bits per heavy atom. The first-order valence-corrected chi connectivity index (χ1v) is 7.57. The van der Waals surface area contributed by atoms with Crippen LogP contribution in [0.4, 0.5) is 4.39 Å². The summed E-state index contributed by atoms with van der Waals surface area (Å²) in [5.74, 6) is -0.735. The highest BCUT2D eigenvalue weighted by atomic mass is 32.2. The summed E-state index contributed by atoms with van der Waals surface area (Å²) in [5.41, 5.74) is 5.50. The van der Waals surface area contributed by atoms with Crippen LogP contribution in [0, 0.1) is 11.2 Å². The lowest BCUT2D eigenvalue weighted by atomic mass is 10.0. The van der Waals surface area contributed by atoms with E-state index in [0.717, 1.165) is 6.26 Å². The Balaban J connectivity index is 2.41. The minimum Gasteiger partial charge on any atom is -0.396 e. The quantitative estimate of drug-likeness (QED) is 0.825. The predicted octanol–water partition coefficient (Wildman–Crippen LogP) is 0.274. The van der Waals surface area contributed by atoms with E-state index in [9.17, 15) is 17.9 Å². The van der Waals surface area contributed by atoms with E-state index in [2.05, 4.69) is 0 Å². The molecule has 3 N–H and O–H groups in total. The Morgan fingerprint density at radius 1 is 1.39 bits per heavy atom. The molecule has 18 heavy (non-hydrogen) atoms.